The van der Waals surface area contributed by atoms with Crippen LogP contribution in [0.3, 0.4) is 0 Å². The molecule has 0 fully saturated rings. The Morgan fingerprint density at radius 2 is 1.32 bits per heavy atom. The first kappa shape index (κ1) is 20.2. The maximum Gasteiger partial charge on any atom is 0.0811 e. The van der Waals surface area contributed by atoms with Crippen LogP contribution >= 0.6 is 0 Å². The van der Waals surface area contributed by atoms with Gasteiger partial charge in [0.1, 0.15) is 0 Å². The zero-order chi connectivity index (χ0) is 18.3. The summed E-state index contributed by atoms with van der Waals surface area (Å²) >= 11 is 0. The van der Waals surface area contributed by atoms with Gasteiger partial charge in [0.15, 0.2) is 0 Å². The molecule has 0 heterocycles. The molecule has 1 atom stereocenters. The molecular formula is C23H36Si2. The van der Waals surface area contributed by atoms with Crippen LogP contribution in [0.2, 0.25) is 31.4 Å². The number of hydrogen-bond donors (Lipinski definition) is 0. The van der Waals surface area contributed by atoms with E-state index in [1.54, 1.807) is 5.19 Å². The van der Waals surface area contributed by atoms with Gasteiger partial charge in [-0.1, -0.05) is 130 Å². The predicted molar refractivity (Wildman–Crippen MR) is 119 cm³/mol. The molecule has 0 amide bonds. The maximum atomic E-state index is 2.65. The van der Waals surface area contributed by atoms with Gasteiger partial charge in [-0.2, -0.15) is 0 Å². The zero-order valence-electron chi connectivity index (χ0n) is 16.9. The Bertz CT molecular complexity index is 617. The normalized spacial score (nSPS) is 13.6. The molecular weight excluding hydrogens is 332 g/mol. The molecule has 1 unspecified atom stereocenters. The highest BCUT2D eigenvalue weighted by Crippen LogP contribution is 2.38. The molecule has 2 aromatic rings. The van der Waals surface area contributed by atoms with Crippen molar-refractivity contribution in [1.29, 1.82) is 0 Å². The van der Waals surface area contributed by atoms with Gasteiger partial charge >= 0.3 is 0 Å². The third-order valence-electron chi connectivity index (χ3n) is 5.93. The maximum absolute atomic E-state index is 2.65. The van der Waals surface area contributed by atoms with Crippen LogP contribution in [-0.2, 0) is 6.04 Å². The van der Waals surface area contributed by atoms with Crippen molar-refractivity contribution >= 4 is 21.3 Å². The Balaban J connectivity index is 2.30. The van der Waals surface area contributed by atoms with Crippen molar-refractivity contribution in [3.63, 3.8) is 0 Å². The summed E-state index contributed by atoms with van der Waals surface area (Å²) in [5.41, 5.74) is 1.54. The highest BCUT2D eigenvalue weighted by atomic mass is 28.4. The van der Waals surface area contributed by atoms with E-state index in [2.05, 4.69) is 93.8 Å². The van der Waals surface area contributed by atoms with Crippen molar-refractivity contribution in [3.8, 4) is 0 Å². The number of rotatable bonds is 9. The summed E-state index contributed by atoms with van der Waals surface area (Å²) in [5.74, 6) is 0. The van der Waals surface area contributed by atoms with Crippen molar-refractivity contribution in [2.75, 3.05) is 0 Å². The minimum Gasteiger partial charge on any atom is -0.0691 e. The van der Waals surface area contributed by atoms with Crippen LogP contribution in [0.25, 0.3) is 0 Å². The number of benzene rings is 2. The van der Waals surface area contributed by atoms with E-state index in [1.807, 2.05) is 0 Å². The van der Waals surface area contributed by atoms with Crippen LogP contribution in [-0.4, -0.2) is 16.1 Å². The average molecular weight is 369 g/mol. The molecule has 2 rings (SSSR count). The summed E-state index contributed by atoms with van der Waals surface area (Å²) < 4.78 is 0. The summed E-state index contributed by atoms with van der Waals surface area (Å²) in [6.07, 6.45) is 5.52. The molecule has 136 valence electrons. The molecule has 0 nitrogen and oxygen atoms in total. The van der Waals surface area contributed by atoms with E-state index in [0.29, 0.717) is 0 Å². The standard InChI is InChI=1S/C23H36Si2/c1-6-7-10-19-23(25(4,5)22-17-13-9-14-18-22)24(2,3)20-21-15-11-8-12-16-21/h8-9,11-18,23H,6-7,10,19-20H2,1-5H3. The molecule has 0 aliphatic heterocycles. The van der Waals surface area contributed by atoms with Crippen LogP contribution in [0, 0.1) is 0 Å². The monoisotopic (exact) mass is 368 g/mol. The van der Waals surface area contributed by atoms with E-state index in [4.69, 9.17) is 0 Å². The molecule has 0 saturated heterocycles. The molecule has 0 aliphatic rings. The Labute approximate surface area is 157 Å². The second-order valence-corrected chi connectivity index (χ2v) is 19.1. The summed E-state index contributed by atoms with van der Waals surface area (Å²) in [5, 5.41) is 2.57. The quantitative estimate of drug-likeness (QED) is 0.346. The van der Waals surface area contributed by atoms with Crippen molar-refractivity contribution in [3.05, 3.63) is 66.2 Å². The fourth-order valence-corrected chi connectivity index (χ4v) is 18.2. The van der Waals surface area contributed by atoms with E-state index in [9.17, 15) is 0 Å². The van der Waals surface area contributed by atoms with Crippen LogP contribution in [0.1, 0.15) is 38.2 Å². The summed E-state index contributed by atoms with van der Waals surface area (Å²) in [4.78, 5) is 0. The van der Waals surface area contributed by atoms with Gasteiger partial charge in [-0.25, -0.2) is 0 Å². The Morgan fingerprint density at radius 1 is 0.760 bits per heavy atom. The highest BCUT2D eigenvalue weighted by Gasteiger charge is 2.43. The van der Waals surface area contributed by atoms with Crippen LogP contribution in [0.5, 0.6) is 0 Å². The first-order valence-corrected chi connectivity index (χ1v) is 16.3. The van der Waals surface area contributed by atoms with Crippen LogP contribution < -0.4 is 5.19 Å². The largest absolute Gasteiger partial charge is 0.0811 e. The van der Waals surface area contributed by atoms with Crippen LogP contribution in [0.15, 0.2) is 60.7 Å². The van der Waals surface area contributed by atoms with Gasteiger partial charge in [-0.15, -0.1) is 0 Å². The van der Waals surface area contributed by atoms with Gasteiger partial charge < -0.3 is 0 Å². The predicted octanol–water partition coefficient (Wildman–Crippen LogP) is 6.58. The molecule has 25 heavy (non-hydrogen) atoms. The SMILES string of the molecule is CCCCCC([Si](C)(C)Cc1ccccc1)[Si](C)(C)c1ccccc1. The Morgan fingerprint density at radius 3 is 1.88 bits per heavy atom. The molecule has 0 spiro atoms. The summed E-state index contributed by atoms with van der Waals surface area (Å²) in [6, 6.07) is 23.9. The fourth-order valence-electron chi connectivity index (χ4n) is 4.64. The van der Waals surface area contributed by atoms with E-state index in [0.717, 1.165) is 5.16 Å². The second-order valence-electron chi connectivity index (χ2n) is 8.79. The first-order chi connectivity index (χ1) is 11.9. The molecule has 0 bridgehead atoms. The van der Waals surface area contributed by atoms with Crippen molar-refractivity contribution < 1.29 is 0 Å². The van der Waals surface area contributed by atoms with Gasteiger partial charge in [0.25, 0.3) is 0 Å². The molecule has 2 aromatic carbocycles. The first-order valence-electron chi connectivity index (χ1n) is 9.97. The van der Waals surface area contributed by atoms with Crippen LogP contribution in [0.4, 0.5) is 0 Å². The van der Waals surface area contributed by atoms with E-state index >= 15 is 0 Å². The van der Waals surface area contributed by atoms with Crippen molar-refractivity contribution in [2.45, 2.75) is 70.0 Å². The zero-order valence-corrected chi connectivity index (χ0v) is 18.9. The third kappa shape index (κ3) is 5.42. The lowest BCUT2D eigenvalue weighted by Gasteiger charge is -2.43. The number of hydrogen-bond acceptors (Lipinski definition) is 0. The fraction of sp³-hybridized carbons (Fsp3) is 0.478. The van der Waals surface area contributed by atoms with Gasteiger partial charge in [-0.05, 0) is 11.2 Å². The van der Waals surface area contributed by atoms with E-state index < -0.39 is 16.1 Å². The molecule has 0 aliphatic carbocycles. The topological polar surface area (TPSA) is 0 Å². The van der Waals surface area contributed by atoms with Gasteiger partial charge in [-0.3, -0.25) is 0 Å². The van der Waals surface area contributed by atoms with Gasteiger partial charge in [0.2, 0.25) is 0 Å². The Hall–Kier alpha value is -1.13. The molecule has 0 N–H and O–H groups in total. The lowest BCUT2D eigenvalue weighted by Crippen LogP contribution is -2.56. The summed E-state index contributed by atoms with van der Waals surface area (Å²) in [6.45, 7) is 12.9. The highest BCUT2D eigenvalue weighted by molar-refractivity contribution is 7.03. The molecule has 0 radical (unpaired) electrons. The minimum atomic E-state index is -1.49. The van der Waals surface area contributed by atoms with Gasteiger partial charge in [0.05, 0.1) is 16.1 Å². The second kappa shape index (κ2) is 9.00. The minimum absolute atomic E-state index is 0.925. The Kier molecular flexibility index (Phi) is 7.27. The average Bonchev–Trinajstić information content (AvgIpc) is 2.59. The van der Waals surface area contributed by atoms with Crippen molar-refractivity contribution in [1.82, 2.24) is 0 Å². The lowest BCUT2D eigenvalue weighted by molar-refractivity contribution is 0.675. The summed E-state index contributed by atoms with van der Waals surface area (Å²) in [7, 11) is -2.87. The molecule has 0 saturated carbocycles. The molecule has 0 aromatic heterocycles. The smallest absolute Gasteiger partial charge is 0.0691 e. The third-order valence-corrected chi connectivity index (χ3v) is 17.8. The van der Waals surface area contributed by atoms with Gasteiger partial charge in [0, 0.05) is 0 Å². The van der Waals surface area contributed by atoms with Crippen molar-refractivity contribution in [2.24, 2.45) is 0 Å². The molecule has 2 heteroatoms. The number of unbranched alkanes of at least 4 members (excludes halogenated alkanes) is 2. The van der Waals surface area contributed by atoms with E-state index in [-0.39, 0.29) is 0 Å². The lowest BCUT2D eigenvalue weighted by atomic mass is 10.2. The van der Waals surface area contributed by atoms with E-state index in [1.165, 1.54) is 37.3 Å².